The number of thiophene rings is 1. The van der Waals surface area contributed by atoms with Crippen LogP contribution in [0.5, 0.6) is 0 Å². The van der Waals surface area contributed by atoms with Crippen LogP contribution in [-0.4, -0.2) is 37.0 Å². The zero-order valence-corrected chi connectivity index (χ0v) is 11.6. The lowest BCUT2D eigenvalue weighted by molar-refractivity contribution is -0.153. The van der Waals surface area contributed by atoms with Crippen molar-refractivity contribution in [2.45, 2.75) is 20.0 Å². The van der Waals surface area contributed by atoms with Gasteiger partial charge in [0.1, 0.15) is 6.54 Å². The van der Waals surface area contributed by atoms with Gasteiger partial charge in [-0.25, -0.2) is 0 Å². The Bertz CT molecular complexity index is 445. The van der Waals surface area contributed by atoms with Crippen LogP contribution in [0.15, 0.2) is 17.5 Å². The average molecular weight is 284 g/mol. The highest BCUT2D eigenvalue weighted by molar-refractivity contribution is 7.12. The van der Waals surface area contributed by atoms with Crippen molar-refractivity contribution in [3.05, 3.63) is 22.4 Å². The first-order chi connectivity index (χ1) is 9.04. The Morgan fingerprint density at radius 3 is 2.68 bits per heavy atom. The van der Waals surface area contributed by atoms with Gasteiger partial charge in [-0.2, -0.15) is 0 Å². The number of carbonyl (C=O) groups excluding carboxylic acids is 3. The molecule has 0 aromatic carbocycles. The second-order valence-electron chi connectivity index (χ2n) is 3.69. The normalized spacial score (nSPS) is 11.5. The Labute approximate surface area is 115 Å². The third kappa shape index (κ3) is 5.09. The van der Waals surface area contributed by atoms with Crippen molar-refractivity contribution >= 4 is 29.1 Å². The van der Waals surface area contributed by atoms with Gasteiger partial charge in [-0.1, -0.05) is 6.07 Å². The number of likely N-dealkylation sites (N-methyl/N-ethyl adjacent to an activating group) is 1. The van der Waals surface area contributed by atoms with Crippen molar-refractivity contribution < 1.29 is 19.1 Å². The Morgan fingerprint density at radius 1 is 1.37 bits per heavy atom. The first kappa shape index (κ1) is 15.2. The van der Waals surface area contributed by atoms with Gasteiger partial charge in [0.15, 0.2) is 6.10 Å². The SMILES string of the molecule is CCNC(=O)[C@@H](C)OC(=O)CNC(=O)c1cccs1. The lowest BCUT2D eigenvalue weighted by Crippen LogP contribution is -2.38. The molecule has 1 rings (SSSR count). The van der Waals surface area contributed by atoms with E-state index < -0.39 is 12.1 Å². The van der Waals surface area contributed by atoms with E-state index in [1.807, 2.05) is 0 Å². The summed E-state index contributed by atoms with van der Waals surface area (Å²) in [7, 11) is 0. The molecular formula is C12H16N2O4S. The first-order valence-electron chi connectivity index (χ1n) is 5.83. The van der Waals surface area contributed by atoms with Gasteiger partial charge in [-0.15, -0.1) is 11.3 Å². The van der Waals surface area contributed by atoms with Gasteiger partial charge in [0.25, 0.3) is 11.8 Å². The fraction of sp³-hybridized carbons (Fsp3) is 0.417. The van der Waals surface area contributed by atoms with Crippen LogP contribution in [-0.2, 0) is 14.3 Å². The topological polar surface area (TPSA) is 84.5 Å². The summed E-state index contributed by atoms with van der Waals surface area (Å²) in [6.45, 7) is 3.45. The quantitative estimate of drug-likeness (QED) is 0.747. The predicted molar refractivity (Wildman–Crippen MR) is 70.9 cm³/mol. The summed E-state index contributed by atoms with van der Waals surface area (Å²) in [5.41, 5.74) is 0. The van der Waals surface area contributed by atoms with E-state index in [0.29, 0.717) is 11.4 Å². The van der Waals surface area contributed by atoms with Crippen molar-refractivity contribution in [2.75, 3.05) is 13.1 Å². The zero-order chi connectivity index (χ0) is 14.3. The van der Waals surface area contributed by atoms with E-state index in [-0.39, 0.29) is 18.4 Å². The summed E-state index contributed by atoms with van der Waals surface area (Å²) in [5, 5.41) is 6.73. The van der Waals surface area contributed by atoms with E-state index in [4.69, 9.17) is 4.74 Å². The molecule has 0 fully saturated rings. The van der Waals surface area contributed by atoms with Crippen LogP contribution in [0.3, 0.4) is 0 Å². The van der Waals surface area contributed by atoms with Crippen molar-refractivity contribution in [1.82, 2.24) is 10.6 Å². The lowest BCUT2D eigenvalue weighted by atomic mass is 10.3. The summed E-state index contributed by atoms with van der Waals surface area (Å²) < 4.78 is 4.87. The molecule has 2 amide bonds. The smallest absolute Gasteiger partial charge is 0.326 e. The fourth-order valence-electron chi connectivity index (χ4n) is 1.26. The Morgan fingerprint density at radius 2 is 2.11 bits per heavy atom. The molecule has 0 bridgehead atoms. The van der Waals surface area contributed by atoms with Gasteiger partial charge >= 0.3 is 5.97 Å². The largest absolute Gasteiger partial charge is 0.451 e. The molecule has 0 saturated carbocycles. The molecule has 1 aromatic heterocycles. The highest BCUT2D eigenvalue weighted by Crippen LogP contribution is 2.07. The minimum Gasteiger partial charge on any atom is -0.451 e. The van der Waals surface area contributed by atoms with Gasteiger partial charge < -0.3 is 15.4 Å². The van der Waals surface area contributed by atoms with E-state index in [2.05, 4.69) is 10.6 Å². The molecule has 0 unspecified atom stereocenters. The molecule has 0 aliphatic rings. The Hall–Kier alpha value is -1.89. The number of esters is 1. The van der Waals surface area contributed by atoms with Crippen LogP contribution < -0.4 is 10.6 Å². The molecule has 0 aliphatic heterocycles. The van der Waals surface area contributed by atoms with E-state index in [1.54, 1.807) is 24.4 Å². The highest BCUT2D eigenvalue weighted by Gasteiger charge is 2.17. The maximum Gasteiger partial charge on any atom is 0.326 e. The van der Waals surface area contributed by atoms with Crippen molar-refractivity contribution in [3.63, 3.8) is 0 Å². The monoisotopic (exact) mass is 284 g/mol. The van der Waals surface area contributed by atoms with Gasteiger partial charge in [0.05, 0.1) is 4.88 Å². The Balaban J connectivity index is 2.32. The van der Waals surface area contributed by atoms with Crippen LogP contribution in [0.4, 0.5) is 0 Å². The molecule has 1 aromatic rings. The Kier molecular flexibility index (Phi) is 6.01. The summed E-state index contributed by atoms with van der Waals surface area (Å²) in [6, 6.07) is 3.40. The van der Waals surface area contributed by atoms with Gasteiger partial charge in [0, 0.05) is 6.54 Å². The molecular weight excluding hydrogens is 268 g/mol. The van der Waals surface area contributed by atoms with Gasteiger partial charge in [0.2, 0.25) is 0 Å². The average Bonchev–Trinajstić information content (AvgIpc) is 2.90. The van der Waals surface area contributed by atoms with E-state index in [9.17, 15) is 14.4 Å². The molecule has 7 heteroatoms. The number of hydrogen-bond acceptors (Lipinski definition) is 5. The molecule has 0 spiro atoms. The van der Waals surface area contributed by atoms with Crippen LogP contribution >= 0.6 is 11.3 Å². The number of nitrogens with one attached hydrogen (secondary N) is 2. The number of ether oxygens (including phenoxy) is 1. The third-order valence-corrected chi connectivity index (χ3v) is 3.04. The summed E-state index contributed by atoms with van der Waals surface area (Å²) in [6.07, 6.45) is -0.869. The van der Waals surface area contributed by atoms with Crippen LogP contribution in [0, 0.1) is 0 Å². The summed E-state index contributed by atoms with van der Waals surface area (Å²) in [5.74, 6) is -1.35. The molecule has 0 saturated heterocycles. The maximum absolute atomic E-state index is 11.5. The third-order valence-electron chi connectivity index (χ3n) is 2.17. The number of carbonyl (C=O) groups is 3. The van der Waals surface area contributed by atoms with Gasteiger partial charge in [-0.3, -0.25) is 14.4 Å². The molecule has 104 valence electrons. The molecule has 1 heterocycles. The molecule has 2 N–H and O–H groups in total. The first-order valence-corrected chi connectivity index (χ1v) is 6.71. The minimum absolute atomic E-state index is 0.263. The van der Waals surface area contributed by atoms with E-state index >= 15 is 0 Å². The van der Waals surface area contributed by atoms with Crippen molar-refractivity contribution in [3.8, 4) is 0 Å². The van der Waals surface area contributed by atoms with Crippen molar-refractivity contribution in [1.29, 1.82) is 0 Å². The molecule has 19 heavy (non-hydrogen) atoms. The van der Waals surface area contributed by atoms with E-state index in [0.717, 1.165) is 0 Å². The summed E-state index contributed by atoms with van der Waals surface area (Å²) in [4.78, 5) is 34.8. The standard InChI is InChI=1S/C12H16N2O4S/c1-3-13-11(16)8(2)18-10(15)7-14-12(17)9-5-4-6-19-9/h4-6,8H,3,7H2,1-2H3,(H,13,16)(H,14,17)/t8-/m1/s1. The molecule has 0 aliphatic carbocycles. The van der Waals surface area contributed by atoms with E-state index in [1.165, 1.54) is 18.3 Å². The number of amides is 2. The molecule has 1 atom stereocenters. The van der Waals surface area contributed by atoms with Crippen LogP contribution in [0.1, 0.15) is 23.5 Å². The second kappa shape index (κ2) is 7.52. The predicted octanol–water partition coefficient (Wildman–Crippen LogP) is 0.546. The zero-order valence-electron chi connectivity index (χ0n) is 10.8. The lowest BCUT2D eigenvalue weighted by Gasteiger charge is -2.12. The highest BCUT2D eigenvalue weighted by atomic mass is 32.1. The molecule has 6 nitrogen and oxygen atoms in total. The number of rotatable bonds is 6. The van der Waals surface area contributed by atoms with Crippen molar-refractivity contribution in [2.24, 2.45) is 0 Å². The van der Waals surface area contributed by atoms with Gasteiger partial charge in [-0.05, 0) is 25.3 Å². The summed E-state index contributed by atoms with van der Waals surface area (Å²) >= 11 is 1.28. The minimum atomic E-state index is -0.869. The molecule has 0 radical (unpaired) electrons. The van der Waals surface area contributed by atoms with Crippen LogP contribution in [0.25, 0.3) is 0 Å². The number of hydrogen-bond donors (Lipinski definition) is 2. The maximum atomic E-state index is 11.5. The van der Waals surface area contributed by atoms with Crippen LogP contribution in [0.2, 0.25) is 0 Å². The fourth-order valence-corrected chi connectivity index (χ4v) is 1.90. The second-order valence-corrected chi connectivity index (χ2v) is 4.63.